The molecule has 2 heterocycles. The summed E-state index contributed by atoms with van der Waals surface area (Å²) in [5, 5.41) is 14.7. The Kier molecular flexibility index (Phi) is 10.8. The smallest absolute Gasteiger partial charge is 0.337 e. The molecular weight excluding hydrogens is 582 g/mol. The number of likely N-dealkylation sites (tertiary alicyclic amines) is 1. The van der Waals surface area contributed by atoms with Crippen molar-refractivity contribution in [3.8, 4) is 0 Å². The second-order valence-electron chi connectivity index (χ2n) is 12.0. The number of carbonyl (C=O) groups is 2. The number of hydrogen-bond donors (Lipinski definition) is 1. The molecule has 0 bridgehead atoms. The number of carbonyl (C=O) groups excluding carboxylic acids is 2. The fraction of sp³-hybridized carbons (Fsp3) is 0.351. The van der Waals surface area contributed by atoms with E-state index in [2.05, 4.69) is 58.7 Å². The van der Waals surface area contributed by atoms with Crippen LogP contribution in [0.5, 0.6) is 0 Å². The van der Waals surface area contributed by atoms with Gasteiger partial charge in [-0.2, -0.15) is 0 Å². The number of rotatable bonds is 10. The molecule has 0 aliphatic carbocycles. The van der Waals surface area contributed by atoms with Gasteiger partial charge < -0.3 is 14.8 Å². The fourth-order valence-electron chi connectivity index (χ4n) is 6.58. The Labute approximate surface area is 271 Å². The predicted molar refractivity (Wildman–Crippen MR) is 178 cm³/mol. The van der Waals surface area contributed by atoms with Crippen LogP contribution < -0.4 is 5.32 Å². The molecule has 2 atom stereocenters. The molecule has 0 spiro atoms. The number of ether oxygens (including phenoxy) is 2. The zero-order valence-electron chi connectivity index (χ0n) is 26.1. The number of allylic oxidation sites excluding steroid dienone is 2. The number of non-ortho nitro benzene ring substituents is 1. The van der Waals surface area contributed by atoms with E-state index in [1.54, 1.807) is 26.0 Å². The second kappa shape index (κ2) is 14.6. The average Bonchev–Trinajstić information content (AvgIpc) is 3.41. The monoisotopic (exact) mass is 625 g/mol. The summed E-state index contributed by atoms with van der Waals surface area (Å²) in [5.74, 6) is -1.85. The summed E-state index contributed by atoms with van der Waals surface area (Å²) in [7, 11) is 1.27. The van der Waals surface area contributed by atoms with Crippen LogP contribution in [-0.4, -0.2) is 54.1 Å². The summed E-state index contributed by atoms with van der Waals surface area (Å²) < 4.78 is 11.3. The number of methoxy groups -OCH3 is 1. The Balaban J connectivity index is 0.00000480. The van der Waals surface area contributed by atoms with Crippen LogP contribution in [0.25, 0.3) is 0 Å². The number of hydrogen-bond acceptors (Lipinski definition) is 8. The van der Waals surface area contributed by atoms with Crippen LogP contribution in [0.4, 0.5) is 5.69 Å². The normalized spacial score (nSPS) is 19.8. The van der Waals surface area contributed by atoms with Crippen LogP contribution >= 0.6 is 0 Å². The number of nitro benzene ring substituents is 1. The van der Waals surface area contributed by atoms with Gasteiger partial charge in [-0.25, -0.2) is 9.59 Å². The van der Waals surface area contributed by atoms with Crippen molar-refractivity contribution in [1.29, 1.82) is 0 Å². The molecule has 1 N–H and O–H groups in total. The van der Waals surface area contributed by atoms with E-state index in [4.69, 9.17) is 9.47 Å². The highest BCUT2D eigenvalue weighted by Crippen LogP contribution is 2.41. The fourth-order valence-corrected chi connectivity index (χ4v) is 6.58. The first-order valence-electron chi connectivity index (χ1n) is 15.2. The van der Waals surface area contributed by atoms with Gasteiger partial charge in [0, 0.05) is 49.0 Å². The molecular formula is C37H43N3O6. The Hall–Kier alpha value is -4.76. The molecule has 0 amide bonds. The number of benzene rings is 3. The van der Waals surface area contributed by atoms with Crippen molar-refractivity contribution in [2.24, 2.45) is 0 Å². The molecule has 0 radical (unpaired) electrons. The van der Waals surface area contributed by atoms with E-state index < -0.39 is 28.4 Å². The SMILES string of the molecule is C.COC(=O)C1=C(C)NC(C)=C(C(=O)OC2(C)CCN(CCC(c3ccccc3)c3ccccc3)C2)C1c1cccc([N+](=O)[O-])c1. The standard InChI is InChI=1S/C36H39N3O6.CH4/c1-24-31(34(40)44-4)33(28-16-11-17-29(22-28)39(42)43)32(25(2)37-24)35(41)45-36(3)19-21-38(23-36)20-18-30(26-12-7-5-8-13-26)27-14-9-6-10-15-27;/h5-17,22,30,33,37H,18-21,23H2,1-4H3;1H4. The van der Waals surface area contributed by atoms with Gasteiger partial charge in [-0.1, -0.05) is 80.2 Å². The zero-order valence-corrected chi connectivity index (χ0v) is 26.1. The lowest BCUT2D eigenvalue weighted by Gasteiger charge is -2.33. The van der Waals surface area contributed by atoms with Gasteiger partial charge in [0.15, 0.2) is 0 Å². The van der Waals surface area contributed by atoms with Crippen LogP contribution in [-0.2, 0) is 19.1 Å². The van der Waals surface area contributed by atoms with Gasteiger partial charge in [-0.15, -0.1) is 0 Å². The van der Waals surface area contributed by atoms with Crippen molar-refractivity contribution in [3.05, 3.63) is 134 Å². The van der Waals surface area contributed by atoms with Crippen LogP contribution in [0.2, 0.25) is 0 Å². The van der Waals surface area contributed by atoms with E-state index in [-0.39, 0.29) is 30.2 Å². The Bertz CT molecular complexity index is 1600. The maximum Gasteiger partial charge on any atom is 0.337 e. The molecule has 2 aliphatic rings. The maximum atomic E-state index is 14.0. The molecule has 0 saturated carbocycles. The number of nitrogens with zero attached hydrogens (tertiary/aromatic N) is 2. The molecule has 5 rings (SSSR count). The van der Waals surface area contributed by atoms with E-state index in [0.29, 0.717) is 29.9 Å². The Morgan fingerprint density at radius 1 is 0.957 bits per heavy atom. The molecule has 46 heavy (non-hydrogen) atoms. The topological polar surface area (TPSA) is 111 Å². The van der Waals surface area contributed by atoms with Crippen molar-refractivity contribution in [1.82, 2.24) is 10.2 Å². The first-order valence-corrected chi connectivity index (χ1v) is 15.2. The van der Waals surface area contributed by atoms with Crippen LogP contribution in [0.1, 0.15) is 69.6 Å². The minimum absolute atomic E-state index is 0. The highest BCUT2D eigenvalue weighted by atomic mass is 16.6. The molecule has 3 aromatic carbocycles. The molecule has 0 aromatic heterocycles. The lowest BCUT2D eigenvalue weighted by Crippen LogP contribution is -2.39. The predicted octanol–water partition coefficient (Wildman–Crippen LogP) is 6.87. The second-order valence-corrected chi connectivity index (χ2v) is 12.0. The van der Waals surface area contributed by atoms with Gasteiger partial charge in [-0.3, -0.25) is 15.0 Å². The summed E-state index contributed by atoms with van der Waals surface area (Å²) in [6.07, 6.45) is 1.56. The van der Waals surface area contributed by atoms with Gasteiger partial charge in [0.2, 0.25) is 0 Å². The molecule has 9 nitrogen and oxygen atoms in total. The first-order chi connectivity index (χ1) is 21.6. The minimum Gasteiger partial charge on any atom is -0.466 e. The molecule has 2 aliphatic heterocycles. The summed E-state index contributed by atoms with van der Waals surface area (Å²) in [6, 6.07) is 27.0. The van der Waals surface area contributed by atoms with Gasteiger partial charge in [0.1, 0.15) is 5.60 Å². The third-order valence-electron chi connectivity index (χ3n) is 8.79. The number of esters is 2. The average molecular weight is 626 g/mol. The van der Waals surface area contributed by atoms with E-state index in [1.165, 1.54) is 30.4 Å². The highest BCUT2D eigenvalue weighted by molar-refractivity contribution is 6.00. The summed E-state index contributed by atoms with van der Waals surface area (Å²) in [6.45, 7) is 7.57. The summed E-state index contributed by atoms with van der Waals surface area (Å²) >= 11 is 0. The van der Waals surface area contributed by atoms with Crippen molar-refractivity contribution >= 4 is 17.6 Å². The third kappa shape index (κ3) is 7.37. The molecule has 2 unspecified atom stereocenters. The largest absolute Gasteiger partial charge is 0.466 e. The molecule has 1 fully saturated rings. The Morgan fingerprint density at radius 3 is 2.11 bits per heavy atom. The van der Waals surface area contributed by atoms with Gasteiger partial charge >= 0.3 is 11.9 Å². The van der Waals surface area contributed by atoms with E-state index in [9.17, 15) is 19.7 Å². The van der Waals surface area contributed by atoms with E-state index >= 15 is 0 Å². The third-order valence-corrected chi connectivity index (χ3v) is 8.79. The van der Waals surface area contributed by atoms with Crippen LogP contribution in [0.15, 0.2) is 107 Å². The van der Waals surface area contributed by atoms with E-state index in [1.807, 2.05) is 19.1 Å². The van der Waals surface area contributed by atoms with Gasteiger partial charge in [-0.05, 0) is 50.4 Å². The van der Waals surface area contributed by atoms with Crippen molar-refractivity contribution in [2.75, 3.05) is 26.7 Å². The van der Waals surface area contributed by atoms with Crippen molar-refractivity contribution in [3.63, 3.8) is 0 Å². The summed E-state index contributed by atoms with van der Waals surface area (Å²) in [4.78, 5) is 40.5. The summed E-state index contributed by atoms with van der Waals surface area (Å²) in [5.41, 5.74) is 3.54. The van der Waals surface area contributed by atoms with Crippen LogP contribution in [0, 0.1) is 10.1 Å². The van der Waals surface area contributed by atoms with E-state index in [0.717, 1.165) is 19.5 Å². The van der Waals surface area contributed by atoms with Crippen molar-refractivity contribution in [2.45, 2.75) is 58.5 Å². The quantitative estimate of drug-likeness (QED) is 0.148. The highest BCUT2D eigenvalue weighted by Gasteiger charge is 2.43. The molecule has 242 valence electrons. The number of dihydropyridines is 1. The lowest BCUT2D eigenvalue weighted by atomic mass is 9.80. The van der Waals surface area contributed by atoms with Gasteiger partial charge in [0.25, 0.3) is 5.69 Å². The zero-order chi connectivity index (χ0) is 32.1. The first kappa shape index (κ1) is 34.1. The maximum absolute atomic E-state index is 14.0. The number of nitrogens with one attached hydrogen (secondary N) is 1. The number of nitro groups is 1. The molecule has 1 saturated heterocycles. The molecule has 3 aromatic rings. The lowest BCUT2D eigenvalue weighted by molar-refractivity contribution is -0.384. The van der Waals surface area contributed by atoms with Crippen molar-refractivity contribution < 1.29 is 24.0 Å². The van der Waals surface area contributed by atoms with Crippen LogP contribution in [0.3, 0.4) is 0 Å². The molecule has 9 heteroatoms. The minimum atomic E-state index is -0.898. The van der Waals surface area contributed by atoms with Gasteiger partial charge in [0.05, 0.1) is 29.1 Å². The Morgan fingerprint density at radius 2 is 1.54 bits per heavy atom.